The molecule has 2 saturated carbocycles. The number of halogens is 3. The maximum Gasteiger partial charge on any atom is 0.255 e. The Balaban J connectivity index is 0.00000342. The van der Waals surface area contributed by atoms with Crippen LogP contribution in [0.3, 0.4) is 0 Å². The van der Waals surface area contributed by atoms with Gasteiger partial charge in [0.25, 0.3) is 5.92 Å². The number of hydrogen-bond acceptors (Lipinski definition) is 5. The summed E-state index contributed by atoms with van der Waals surface area (Å²) < 4.78 is 29.7. The Morgan fingerprint density at radius 1 is 1.11 bits per heavy atom. The highest BCUT2D eigenvalue weighted by Crippen LogP contribution is 2.49. The summed E-state index contributed by atoms with van der Waals surface area (Å²) in [5.41, 5.74) is 11.7. The van der Waals surface area contributed by atoms with Crippen molar-refractivity contribution in [2.45, 2.75) is 94.3 Å². The first kappa shape index (κ1) is 27.6. The summed E-state index contributed by atoms with van der Waals surface area (Å²) in [5.74, 6) is -7.03. The van der Waals surface area contributed by atoms with Crippen LogP contribution in [-0.4, -0.2) is 65.2 Å². The summed E-state index contributed by atoms with van der Waals surface area (Å²) in [5, 5.41) is 5.22. The molecular formula is C23H36ClF2N5O4. The van der Waals surface area contributed by atoms with Crippen LogP contribution in [0.25, 0.3) is 0 Å². The third-order valence-electron chi connectivity index (χ3n) is 8.17. The topological polar surface area (TPSA) is 148 Å². The molecule has 35 heavy (non-hydrogen) atoms. The number of nitrogens with zero attached hydrogens (tertiary/aromatic N) is 1. The molecule has 6 N–H and O–H groups in total. The van der Waals surface area contributed by atoms with Gasteiger partial charge >= 0.3 is 0 Å². The lowest BCUT2D eigenvalue weighted by Gasteiger charge is -2.54. The highest BCUT2D eigenvalue weighted by Gasteiger charge is 2.61. The monoisotopic (exact) mass is 519 g/mol. The van der Waals surface area contributed by atoms with E-state index < -0.39 is 66.1 Å². The smallest absolute Gasteiger partial charge is 0.255 e. The van der Waals surface area contributed by atoms with Gasteiger partial charge in [-0.05, 0) is 44.4 Å². The van der Waals surface area contributed by atoms with Gasteiger partial charge in [0, 0.05) is 24.9 Å². The van der Waals surface area contributed by atoms with Crippen molar-refractivity contribution in [3.05, 3.63) is 0 Å². The molecule has 4 amide bonds. The molecule has 0 aromatic heterocycles. The van der Waals surface area contributed by atoms with Crippen LogP contribution in [0.4, 0.5) is 8.78 Å². The van der Waals surface area contributed by atoms with Crippen LogP contribution in [-0.2, 0) is 19.2 Å². The molecule has 6 atom stereocenters. The predicted molar refractivity (Wildman–Crippen MR) is 125 cm³/mol. The zero-order chi connectivity index (χ0) is 24.6. The average Bonchev–Trinajstić information content (AvgIpc) is 2.75. The van der Waals surface area contributed by atoms with E-state index in [-0.39, 0.29) is 31.2 Å². The van der Waals surface area contributed by atoms with Crippen LogP contribution in [0.2, 0.25) is 0 Å². The second-order valence-electron chi connectivity index (χ2n) is 10.5. The van der Waals surface area contributed by atoms with Crippen LogP contribution < -0.4 is 22.1 Å². The van der Waals surface area contributed by atoms with Gasteiger partial charge in [-0.2, -0.15) is 0 Å². The first-order chi connectivity index (χ1) is 16.1. The van der Waals surface area contributed by atoms with E-state index in [0.717, 1.165) is 25.7 Å². The molecule has 0 aromatic carbocycles. The lowest BCUT2D eigenvalue weighted by atomic mass is 9.71. The van der Waals surface area contributed by atoms with Crippen molar-refractivity contribution in [2.24, 2.45) is 29.2 Å². The van der Waals surface area contributed by atoms with Gasteiger partial charge in [-0.3, -0.25) is 19.2 Å². The van der Waals surface area contributed by atoms with Crippen molar-refractivity contribution in [1.29, 1.82) is 0 Å². The summed E-state index contributed by atoms with van der Waals surface area (Å²) in [6.45, 7) is 0.543. The summed E-state index contributed by atoms with van der Waals surface area (Å²) in [4.78, 5) is 52.1. The van der Waals surface area contributed by atoms with E-state index in [4.69, 9.17) is 11.5 Å². The molecular weight excluding hydrogens is 484 g/mol. The molecule has 3 heterocycles. The summed E-state index contributed by atoms with van der Waals surface area (Å²) in [6, 6.07) is -4.27. The predicted octanol–water partition coefficient (Wildman–Crippen LogP) is 0.827. The van der Waals surface area contributed by atoms with Crippen molar-refractivity contribution < 1.29 is 28.0 Å². The lowest BCUT2D eigenvalue weighted by Crippen LogP contribution is -2.70. The summed E-state index contributed by atoms with van der Waals surface area (Å²) in [6.07, 6.45) is 4.78. The van der Waals surface area contributed by atoms with E-state index in [2.05, 4.69) is 10.6 Å². The van der Waals surface area contributed by atoms with Crippen LogP contribution in [0.1, 0.15) is 64.2 Å². The number of carbonyl (C=O) groups excluding carboxylic acids is 4. The van der Waals surface area contributed by atoms with E-state index in [1.807, 2.05) is 0 Å². The molecule has 3 aliphatic heterocycles. The molecule has 9 nitrogen and oxygen atoms in total. The largest absolute Gasteiger partial charge is 0.368 e. The van der Waals surface area contributed by atoms with Gasteiger partial charge in [-0.15, -0.1) is 12.4 Å². The fraction of sp³-hybridized carbons (Fsp3) is 0.826. The van der Waals surface area contributed by atoms with Crippen molar-refractivity contribution in [2.75, 3.05) is 6.54 Å². The van der Waals surface area contributed by atoms with Gasteiger partial charge in [0.05, 0.1) is 12.0 Å². The third-order valence-corrected chi connectivity index (χ3v) is 8.17. The zero-order valence-electron chi connectivity index (χ0n) is 19.7. The normalized spacial score (nSPS) is 31.4. The number of hydrogen-bond donors (Lipinski definition) is 4. The summed E-state index contributed by atoms with van der Waals surface area (Å²) >= 11 is 0. The minimum atomic E-state index is -3.11. The molecule has 0 spiro atoms. The first-order valence-corrected chi connectivity index (χ1v) is 12.4. The Morgan fingerprint density at radius 2 is 1.83 bits per heavy atom. The first-order valence-electron chi connectivity index (χ1n) is 12.4. The van der Waals surface area contributed by atoms with Crippen LogP contribution in [0.15, 0.2) is 0 Å². The van der Waals surface area contributed by atoms with Gasteiger partial charge in [-0.25, -0.2) is 8.78 Å². The molecule has 5 rings (SSSR count). The molecule has 0 aromatic rings. The molecule has 12 heteroatoms. The van der Waals surface area contributed by atoms with Crippen LogP contribution in [0.5, 0.6) is 0 Å². The number of fused-ring (bicyclic) bond motifs is 3. The zero-order valence-corrected chi connectivity index (χ0v) is 20.5. The molecule has 198 valence electrons. The van der Waals surface area contributed by atoms with Gasteiger partial charge in [0.2, 0.25) is 23.6 Å². The van der Waals surface area contributed by atoms with E-state index >= 15 is 0 Å². The summed E-state index contributed by atoms with van der Waals surface area (Å²) in [7, 11) is 0. The van der Waals surface area contributed by atoms with E-state index in [9.17, 15) is 28.0 Å². The number of rotatable bonds is 8. The van der Waals surface area contributed by atoms with Crippen LogP contribution in [0, 0.1) is 17.8 Å². The Labute approximate surface area is 209 Å². The van der Waals surface area contributed by atoms with E-state index in [1.165, 1.54) is 4.90 Å². The Bertz CT molecular complexity index is 843. The Morgan fingerprint density at radius 3 is 2.40 bits per heavy atom. The molecule has 3 saturated heterocycles. The molecule has 0 radical (unpaired) electrons. The third kappa shape index (κ3) is 5.71. The number of primary amides is 1. The van der Waals surface area contributed by atoms with Crippen molar-refractivity contribution in [1.82, 2.24) is 15.5 Å². The van der Waals surface area contributed by atoms with Crippen LogP contribution >= 0.6 is 12.4 Å². The second-order valence-corrected chi connectivity index (χ2v) is 10.5. The molecule has 5 aliphatic rings. The molecule has 5 fully saturated rings. The van der Waals surface area contributed by atoms with Gasteiger partial charge in [0.15, 0.2) is 0 Å². The highest BCUT2D eigenvalue weighted by molar-refractivity contribution is 5.94. The van der Waals surface area contributed by atoms with Gasteiger partial charge in [-0.1, -0.05) is 19.3 Å². The number of alkyl halides is 2. The van der Waals surface area contributed by atoms with Gasteiger partial charge < -0.3 is 27.0 Å². The average molecular weight is 520 g/mol. The van der Waals surface area contributed by atoms with Gasteiger partial charge in [0.1, 0.15) is 12.1 Å². The Kier molecular flexibility index (Phi) is 8.62. The van der Waals surface area contributed by atoms with Crippen molar-refractivity contribution >= 4 is 36.0 Å². The van der Waals surface area contributed by atoms with Crippen molar-refractivity contribution in [3.8, 4) is 0 Å². The highest BCUT2D eigenvalue weighted by atomic mass is 35.5. The SMILES string of the molecule is Cl.NC(=O)[C@H](C[C@@H]1CCCNC1=O)NC(=O)[C@H]1[C@@H]2CC[C@@H](CC2(F)F)N1C(=O)[C@@H](N)CC1CCC1. The maximum atomic E-state index is 14.8. The number of piperidine rings is 3. The standard InChI is InChI=1S/C23H35F2N5O4.ClH/c24-23(25)11-14-6-7-15(23)18(30(14)22(34)16(26)9-12-3-1-4-12)21(33)29-17(19(27)31)10-13-5-2-8-28-20(13)32;/h12-18H,1-11,26H2,(H2,27,31)(H,28,32)(H,29,33);1H/t13-,14-,15-,16-,17-,18+;/m0./s1. The molecule has 2 bridgehead atoms. The lowest BCUT2D eigenvalue weighted by molar-refractivity contribution is -0.195. The minimum Gasteiger partial charge on any atom is -0.368 e. The quantitative estimate of drug-likeness (QED) is 0.375. The molecule has 2 aliphatic carbocycles. The number of amides is 4. The number of nitrogens with two attached hydrogens (primary N) is 2. The minimum absolute atomic E-state index is 0. The fourth-order valence-electron chi connectivity index (χ4n) is 6.05. The fourth-order valence-corrected chi connectivity index (χ4v) is 6.05. The maximum absolute atomic E-state index is 14.8. The second kappa shape index (κ2) is 10.9. The van der Waals surface area contributed by atoms with E-state index in [1.54, 1.807) is 0 Å². The molecule has 0 unspecified atom stereocenters. The van der Waals surface area contributed by atoms with E-state index in [0.29, 0.717) is 31.7 Å². The number of nitrogens with one attached hydrogen (secondary N) is 2. The van der Waals surface area contributed by atoms with Crippen molar-refractivity contribution in [3.63, 3.8) is 0 Å². The Hall–Kier alpha value is -2.01. The number of carbonyl (C=O) groups is 4.